The highest BCUT2D eigenvalue weighted by Crippen LogP contribution is 2.32. The fourth-order valence-corrected chi connectivity index (χ4v) is 6.24. The molecule has 2 fully saturated rings. The Labute approximate surface area is 215 Å². The van der Waals surface area contributed by atoms with Crippen molar-refractivity contribution >= 4 is 39.4 Å². The molecule has 0 unspecified atom stereocenters. The third-order valence-corrected chi connectivity index (χ3v) is 8.32. The van der Waals surface area contributed by atoms with Crippen molar-refractivity contribution in [3.8, 4) is 0 Å². The Hall–Kier alpha value is -2.84. The average molecular weight is 511 g/mol. The van der Waals surface area contributed by atoms with Crippen LogP contribution in [0.2, 0.25) is 0 Å². The summed E-state index contributed by atoms with van der Waals surface area (Å²) in [6.45, 7) is 5.73. The van der Waals surface area contributed by atoms with E-state index in [0.717, 1.165) is 57.1 Å². The van der Waals surface area contributed by atoms with Gasteiger partial charge in [0.2, 0.25) is 5.91 Å². The normalized spacial score (nSPS) is 21.3. The van der Waals surface area contributed by atoms with Crippen LogP contribution in [0.5, 0.6) is 0 Å². The summed E-state index contributed by atoms with van der Waals surface area (Å²) in [5.41, 5.74) is 0.462. The van der Waals surface area contributed by atoms with E-state index in [1.54, 1.807) is 11.5 Å². The number of rotatable bonds is 7. The van der Waals surface area contributed by atoms with Crippen molar-refractivity contribution in [1.29, 1.82) is 0 Å². The summed E-state index contributed by atoms with van der Waals surface area (Å²) in [6.07, 6.45) is 7.68. The average Bonchev–Trinajstić information content (AvgIpc) is 3.33. The van der Waals surface area contributed by atoms with Gasteiger partial charge in [0.15, 0.2) is 11.6 Å². The Kier molecular flexibility index (Phi) is 7.92. The van der Waals surface area contributed by atoms with Crippen LogP contribution in [0.15, 0.2) is 48.5 Å². The number of benzene rings is 2. The number of anilines is 1. The first-order chi connectivity index (χ1) is 17.6. The van der Waals surface area contributed by atoms with E-state index in [0.29, 0.717) is 23.9 Å². The minimum atomic E-state index is -0.914. The van der Waals surface area contributed by atoms with Crippen LogP contribution in [0.3, 0.4) is 0 Å². The fourth-order valence-electron chi connectivity index (χ4n) is 5.45. The Morgan fingerprint density at radius 2 is 1.81 bits per heavy atom. The van der Waals surface area contributed by atoms with Gasteiger partial charge in [-0.1, -0.05) is 31.0 Å². The molecule has 5 nitrogen and oxygen atoms in total. The van der Waals surface area contributed by atoms with Crippen molar-refractivity contribution in [1.82, 2.24) is 14.6 Å². The van der Waals surface area contributed by atoms with Gasteiger partial charge < -0.3 is 10.2 Å². The van der Waals surface area contributed by atoms with E-state index in [1.807, 2.05) is 0 Å². The summed E-state index contributed by atoms with van der Waals surface area (Å²) in [4.78, 5) is 17.3. The van der Waals surface area contributed by atoms with Crippen molar-refractivity contribution in [2.75, 3.05) is 44.2 Å². The number of hydrogen-bond acceptors (Lipinski definition) is 5. The highest BCUT2D eigenvalue weighted by molar-refractivity contribution is 7.13. The molecule has 0 radical (unpaired) electrons. The molecule has 2 aromatic carbocycles. The predicted molar refractivity (Wildman–Crippen MR) is 142 cm³/mol. The lowest BCUT2D eigenvalue weighted by atomic mass is 9.78. The van der Waals surface area contributed by atoms with Crippen molar-refractivity contribution in [2.45, 2.75) is 25.7 Å². The van der Waals surface area contributed by atoms with Gasteiger partial charge in [-0.25, -0.2) is 8.78 Å². The third-order valence-electron chi connectivity index (χ3n) is 7.50. The zero-order valence-corrected chi connectivity index (χ0v) is 21.2. The smallest absolute Gasteiger partial charge is 0.244 e. The highest BCUT2D eigenvalue weighted by Gasteiger charge is 2.29. The van der Waals surface area contributed by atoms with Crippen molar-refractivity contribution in [3.05, 3.63) is 65.7 Å². The van der Waals surface area contributed by atoms with Crippen LogP contribution in [-0.4, -0.2) is 54.4 Å². The number of carbonyl (C=O) groups is 1. The van der Waals surface area contributed by atoms with E-state index in [1.165, 1.54) is 47.6 Å². The Bertz CT molecular complexity index is 1220. The molecule has 1 amide bonds. The lowest BCUT2D eigenvalue weighted by Crippen LogP contribution is -2.49. The van der Waals surface area contributed by atoms with Gasteiger partial charge in [0.05, 0.1) is 4.70 Å². The zero-order chi connectivity index (χ0) is 24.9. The number of carbonyl (C=O) groups excluding carboxylic acids is 1. The summed E-state index contributed by atoms with van der Waals surface area (Å²) in [5.74, 6) is 0.139. The molecule has 36 heavy (non-hydrogen) atoms. The maximum absolute atomic E-state index is 13.4. The predicted octanol–water partition coefficient (Wildman–Crippen LogP) is 5.33. The van der Waals surface area contributed by atoms with E-state index in [-0.39, 0.29) is 5.91 Å². The molecule has 1 aliphatic heterocycles. The third kappa shape index (κ3) is 5.93. The number of fused-ring (bicyclic) bond motifs is 1. The second-order valence-corrected chi connectivity index (χ2v) is 10.7. The first kappa shape index (κ1) is 24.8. The summed E-state index contributed by atoms with van der Waals surface area (Å²) in [7, 11) is 0. The first-order valence-electron chi connectivity index (χ1n) is 12.8. The monoisotopic (exact) mass is 510 g/mol. The van der Waals surface area contributed by atoms with E-state index >= 15 is 0 Å². The van der Waals surface area contributed by atoms with E-state index in [2.05, 4.69) is 39.4 Å². The minimum absolute atomic E-state index is 0.201. The van der Waals surface area contributed by atoms with Gasteiger partial charge in [-0.05, 0) is 72.1 Å². The molecule has 1 N–H and O–H groups in total. The summed E-state index contributed by atoms with van der Waals surface area (Å²) in [5, 5.41) is 4.28. The van der Waals surface area contributed by atoms with Crippen LogP contribution in [-0.2, 0) is 4.79 Å². The maximum atomic E-state index is 13.4. The molecular formula is C28H32F2N4OS. The van der Waals surface area contributed by atoms with Gasteiger partial charge >= 0.3 is 0 Å². The molecular weight excluding hydrogens is 478 g/mol. The number of amides is 1. The number of halogens is 2. The second-order valence-electron chi connectivity index (χ2n) is 9.85. The molecule has 1 saturated carbocycles. The van der Waals surface area contributed by atoms with Crippen LogP contribution in [0, 0.1) is 23.5 Å². The lowest BCUT2D eigenvalue weighted by molar-refractivity contribution is -0.116. The van der Waals surface area contributed by atoms with Gasteiger partial charge in [0, 0.05) is 50.7 Å². The molecule has 2 atom stereocenters. The van der Waals surface area contributed by atoms with Crippen LogP contribution in [0.1, 0.15) is 31.2 Å². The van der Waals surface area contributed by atoms with Crippen molar-refractivity contribution in [2.24, 2.45) is 11.8 Å². The lowest BCUT2D eigenvalue weighted by Gasteiger charge is -2.40. The van der Waals surface area contributed by atoms with Crippen molar-refractivity contribution in [3.63, 3.8) is 0 Å². The Morgan fingerprint density at radius 3 is 2.61 bits per heavy atom. The number of nitrogens with zero attached hydrogens (tertiary/aromatic N) is 3. The molecule has 1 aromatic heterocycles. The van der Waals surface area contributed by atoms with E-state index in [9.17, 15) is 13.6 Å². The molecule has 5 rings (SSSR count). The molecule has 190 valence electrons. The standard InChI is InChI=1S/C28H32F2N4OS/c29-24-11-9-20(17-25(24)30)10-12-27(35)31-18-21-5-1-2-6-22(21)19-33-13-15-34(16-14-33)28-23-7-3-4-8-26(23)36-32-28/h3-4,7-12,17,21-22H,1-2,5-6,13-16,18-19H2,(H,31,35)/b12-10+/t21-,22-/m1/s1. The molecule has 0 spiro atoms. The van der Waals surface area contributed by atoms with Crippen LogP contribution in [0.4, 0.5) is 14.6 Å². The fraction of sp³-hybridized carbons (Fsp3) is 0.429. The largest absolute Gasteiger partial charge is 0.353 e. The number of nitrogens with one attached hydrogen (secondary N) is 1. The Balaban J connectivity index is 1.11. The zero-order valence-electron chi connectivity index (χ0n) is 20.3. The molecule has 2 aliphatic rings. The van der Waals surface area contributed by atoms with Gasteiger partial charge in [-0.15, -0.1) is 0 Å². The molecule has 0 bridgehead atoms. The van der Waals surface area contributed by atoms with Crippen LogP contribution < -0.4 is 10.2 Å². The topological polar surface area (TPSA) is 48.5 Å². The summed E-state index contributed by atoms with van der Waals surface area (Å²) >= 11 is 1.57. The molecule has 1 aliphatic carbocycles. The molecule has 2 heterocycles. The Morgan fingerprint density at radius 1 is 1.03 bits per heavy atom. The minimum Gasteiger partial charge on any atom is -0.353 e. The highest BCUT2D eigenvalue weighted by atomic mass is 32.1. The van der Waals surface area contributed by atoms with Gasteiger partial charge in [0.1, 0.15) is 5.82 Å². The van der Waals surface area contributed by atoms with E-state index < -0.39 is 11.6 Å². The van der Waals surface area contributed by atoms with Crippen LogP contribution >= 0.6 is 11.5 Å². The number of hydrogen-bond donors (Lipinski definition) is 1. The van der Waals surface area contributed by atoms with E-state index in [4.69, 9.17) is 4.37 Å². The van der Waals surface area contributed by atoms with Crippen molar-refractivity contribution < 1.29 is 13.6 Å². The molecule has 3 aromatic rings. The molecule has 1 saturated heterocycles. The van der Waals surface area contributed by atoms with Gasteiger partial charge in [-0.2, -0.15) is 4.37 Å². The first-order valence-corrected chi connectivity index (χ1v) is 13.6. The van der Waals surface area contributed by atoms with Gasteiger partial charge in [0.25, 0.3) is 0 Å². The summed E-state index contributed by atoms with van der Waals surface area (Å²) in [6, 6.07) is 12.0. The second kappa shape index (κ2) is 11.5. The van der Waals surface area contributed by atoms with Crippen LogP contribution in [0.25, 0.3) is 16.2 Å². The maximum Gasteiger partial charge on any atom is 0.244 e. The number of piperazine rings is 1. The SMILES string of the molecule is O=C(/C=C/c1ccc(F)c(F)c1)NC[C@H]1CCCC[C@@H]1CN1CCN(c2nsc3ccccc23)CC1. The molecule has 8 heteroatoms. The summed E-state index contributed by atoms with van der Waals surface area (Å²) < 4.78 is 32.4. The quantitative estimate of drug-likeness (QED) is 0.437. The number of aromatic nitrogens is 1. The van der Waals surface area contributed by atoms with Gasteiger partial charge in [-0.3, -0.25) is 9.69 Å².